The summed E-state index contributed by atoms with van der Waals surface area (Å²) in [5.41, 5.74) is 0. The average molecular weight is 273 g/mol. The zero-order chi connectivity index (χ0) is 13.8. The zero-order valence-corrected chi connectivity index (χ0v) is 10.9. The van der Waals surface area contributed by atoms with Gasteiger partial charge in [-0.05, 0) is 19.3 Å². The van der Waals surface area contributed by atoms with Gasteiger partial charge in [0.1, 0.15) is 6.04 Å². The highest BCUT2D eigenvalue weighted by molar-refractivity contribution is 5.80. The van der Waals surface area contributed by atoms with Crippen LogP contribution >= 0.6 is 0 Å². The Morgan fingerprint density at radius 1 is 1.37 bits per heavy atom. The highest BCUT2D eigenvalue weighted by atomic mass is 16.7. The predicted molar refractivity (Wildman–Crippen MR) is 63.6 cm³/mol. The fraction of sp³-hybridized carbons (Fsp3) is 0.833. The predicted octanol–water partition coefficient (Wildman–Crippen LogP) is 0.823. The number of carboxylic acids is 1. The number of likely N-dealkylation sites (tertiary alicyclic amines) is 1. The Kier molecular flexibility index (Phi) is 4.60. The van der Waals surface area contributed by atoms with Gasteiger partial charge in [-0.15, -0.1) is 0 Å². The third-order valence-electron chi connectivity index (χ3n) is 3.44. The van der Waals surface area contributed by atoms with Crippen molar-refractivity contribution in [2.75, 3.05) is 20.3 Å². The number of carboxylic acid groups (broad SMARTS) is 1. The van der Waals surface area contributed by atoms with Crippen LogP contribution in [-0.4, -0.2) is 60.8 Å². The summed E-state index contributed by atoms with van der Waals surface area (Å²) in [6.07, 6.45) is 1.91. The van der Waals surface area contributed by atoms with E-state index in [9.17, 15) is 9.59 Å². The number of rotatable bonds is 3. The van der Waals surface area contributed by atoms with Crippen LogP contribution in [0.4, 0.5) is 4.79 Å². The first kappa shape index (κ1) is 14.1. The lowest BCUT2D eigenvalue weighted by atomic mass is 10.2. The zero-order valence-electron chi connectivity index (χ0n) is 10.9. The number of hydrogen-bond donors (Lipinski definition) is 1. The first-order chi connectivity index (χ1) is 9.11. The maximum Gasteiger partial charge on any atom is 0.410 e. The van der Waals surface area contributed by atoms with Gasteiger partial charge in [0.25, 0.3) is 0 Å². The molecule has 0 spiro atoms. The van der Waals surface area contributed by atoms with Crippen LogP contribution in [-0.2, 0) is 19.0 Å². The summed E-state index contributed by atoms with van der Waals surface area (Å²) < 4.78 is 15.8. The number of aliphatic carboxylic acids is 1. The molecular formula is C12H19NO6. The molecule has 0 aromatic carbocycles. The van der Waals surface area contributed by atoms with Gasteiger partial charge < -0.3 is 19.3 Å². The third-order valence-corrected chi connectivity index (χ3v) is 3.44. The molecule has 2 rings (SSSR count). The normalized spacial score (nSPS) is 31.2. The molecule has 108 valence electrons. The molecule has 2 heterocycles. The molecule has 0 aromatic heterocycles. The first-order valence-corrected chi connectivity index (χ1v) is 6.46. The number of methoxy groups -OCH3 is 1. The topological polar surface area (TPSA) is 85.3 Å². The number of hydrogen-bond acceptors (Lipinski definition) is 5. The van der Waals surface area contributed by atoms with Crippen LogP contribution in [0.25, 0.3) is 0 Å². The van der Waals surface area contributed by atoms with Crippen LogP contribution in [0.5, 0.6) is 0 Å². The van der Waals surface area contributed by atoms with Gasteiger partial charge in [-0.3, -0.25) is 4.90 Å². The monoisotopic (exact) mass is 273 g/mol. The van der Waals surface area contributed by atoms with Crippen LogP contribution in [0.3, 0.4) is 0 Å². The first-order valence-electron chi connectivity index (χ1n) is 6.46. The number of nitrogens with zero attached hydrogens (tertiary/aromatic N) is 1. The molecule has 2 aliphatic rings. The minimum Gasteiger partial charge on any atom is -0.480 e. The third kappa shape index (κ3) is 3.36. The van der Waals surface area contributed by atoms with E-state index >= 15 is 0 Å². The number of amides is 1. The Hall–Kier alpha value is -1.34. The maximum atomic E-state index is 11.5. The van der Waals surface area contributed by atoms with Crippen molar-refractivity contribution in [3.63, 3.8) is 0 Å². The van der Waals surface area contributed by atoms with E-state index < -0.39 is 18.1 Å². The van der Waals surface area contributed by atoms with Gasteiger partial charge in [-0.2, -0.15) is 0 Å². The van der Waals surface area contributed by atoms with Crippen molar-refractivity contribution < 1.29 is 28.9 Å². The molecular weight excluding hydrogens is 254 g/mol. The summed E-state index contributed by atoms with van der Waals surface area (Å²) in [5, 5.41) is 9.12. The van der Waals surface area contributed by atoms with Crippen molar-refractivity contribution >= 4 is 12.1 Å². The standard InChI is InChI=1S/C12H19NO6/c1-17-12(16)13-7-8(6-9(13)11(14)15)19-10-4-2-3-5-18-10/h8-10H,2-7H2,1H3,(H,14,15)/t8-,9+,10?/m1/s1. The van der Waals surface area contributed by atoms with Gasteiger partial charge in [0.05, 0.1) is 19.8 Å². The van der Waals surface area contributed by atoms with Crippen molar-refractivity contribution in [2.45, 2.75) is 44.1 Å². The second-order valence-corrected chi connectivity index (χ2v) is 4.77. The molecule has 0 bridgehead atoms. The van der Waals surface area contributed by atoms with E-state index in [2.05, 4.69) is 4.74 Å². The molecule has 7 heteroatoms. The van der Waals surface area contributed by atoms with Crippen molar-refractivity contribution in [3.05, 3.63) is 0 Å². The van der Waals surface area contributed by atoms with Crippen LogP contribution in [0.1, 0.15) is 25.7 Å². The van der Waals surface area contributed by atoms with Gasteiger partial charge >= 0.3 is 12.1 Å². The minimum atomic E-state index is -1.04. The molecule has 1 N–H and O–H groups in total. The minimum absolute atomic E-state index is 0.226. The smallest absolute Gasteiger partial charge is 0.410 e. The lowest BCUT2D eigenvalue weighted by molar-refractivity contribution is -0.185. The van der Waals surface area contributed by atoms with E-state index in [0.717, 1.165) is 19.3 Å². The molecule has 2 saturated heterocycles. The van der Waals surface area contributed by atoms with E-state index in [0.29, 0.717) is 6.61 Å². The highest BCUT2D eigenvalue weighted by Crippen LogP contribution is 2.25. The molecule has 7 nitrogen and oxygen atoms in total. The second kappa shape index (κ2) is 6.21. The van der Waals surface area contributed by atoms with Crippen molar-refractivity contribution in [1.29, 1.82) is 0 Å². The maximum absolute atomic E-state index is 11.5. The second-order valence-electron chi connectivity index (χ2n) is 4.77. The van der Waals surface area contributed by atoms with Crippen molar-refractivity contribution in [1.82, 2.24) is 4.90 Å². The van der Waals surface area contributed by atoms with Crippen molar-refractivity contribution in [3.8, 4) is 0 Å². The summed E-state index contributed by atoms with van der Waals surface area (Å²) in [5.74, 6) is -1.04. The molecule has 19 heavy (non-hydrogen) atoms. The van der Waals surface area contributed by atoms with E-state index in [1.165, 1.54) is 12.0 Å². The summed E-state index contributed by atoms with van der Waals surface area (Å²) in [6.45, 7) is 0.893. The lowest BCUT2D eigenvalue weighted by Gasteiger charge is -2.25. The fourth-order valence-corrected chi connectivity index (χ4v) is 2.48. The average Bonchev–Trinajstić information content (AvgIpc) is 2.83. The fourth-order valence-electron chi connectivity index (χ4n) is 2.48. The van der Waals surface area contributed by atoms with Gasteiger partial charge in [0.15, 0.2) is 6.29 Å². The van der Waals surface area contributed by atoms with E-state index in [-0.39, 0.29) is 25.4 Å². The number of ether oxygens (including phenoxy) is 3. The Bertz CT molecular complexity index is 341. The van der Waals surface area contributed by atoms with Gasteiger partial charge in [-0.1, -0.05) is 0 Å². The molecule has 0 radical (unpaired) electrons. The Balaban J connectivity index is 1.93. The molecule has 0 aliphatic carbocycles. The van der Waals surface area contributed by atoms with Gasteiger partial charge in [0, 0.05) is 13.0 Å². The Morgan fingerprint density at radius 3 is 2.74 bits per heavy atom. The SMILES string of the molecule is COC(=O)N1C[C@H](OC2CCCCO2)C[C@H]1C(=O)O. The number of carbonyl (C=O) groups is 2. The van der Waals surface area contributed by atoms with Crippen LogP contribution in [0.15, 0.2) is 0 Å². The summed E-state index contributed by atoms with van der Waals surface area (Å²) >= 11 is 0. The van der Waals surface area contributed by atoms with Gasteiger partial charge in [-0.25, -0.2) is 9.59 Å². The Labute approximate surface area is 111 Å². The van der Waals surface area contributed by atoms with E-state index in [1.54, 1.807) is 0 Å². The van der Waals surface area contributed by atoms with Gasteiger partial charge in [0.2, 0.25) is 0 Å². The van der Waals surface area contributed by atoms with Crippen LogP contribution < -0.4 is 0 Å². The summed E-state index contributed by atoms with van der Waals surface area (Å²) in [4.78, 5) is 23.8. The summed E-state index contributed by atoms with van der Waals surface area (Å²) in [6, 6.07) is -0.888. The molecule has 0 saturated carbocycles. The van der Waals surface area contributed by atoms with E-state index in [1.807, 2.05) is 0 Å². The molecule has 2 aliphatic heterocycles. The lowest BCUT2D eigenvalue weighted by Crippen LogP contribution is -2.40. The van der Waals surface area contributed by atoms with E-state index in [4.69, 9.17) is 14.6 Å². The van der Waals surface area contributed by atoms with Crippen LogP contribution in [0, 0.1) is 0 Å². The highest BCUT2D eigenvalue weighted by Gasteiger charge is 2.41. The molecule has 1 unspecified atom stereocenters. The van der Waals surface area contributed by atoms with Crippen molar-refractivity contribution in [2.24, 2.45) is 0 Å². The summed E-state index contributed by atoms with van der Waals surface area (Å²) in [7, 11) is 1.24. The molecule has 1 amide bonds. The largest absolute Gasteiger partial charge is 0.480 e. The van der Waals surface area contributed by atoms with Crippen LogP contribution in [0.2, 0.25) is 0 Å². The quantitative estimate of drug-likeness (QED) is 0.819. The molecule has 3 atom stereocenters. The molecule has 0 aromatic rings. The molecule has 2 fully saturated rings. The Morgan fingerprint density at radius 2 is 2.16 bits per heavy atom. The number of carbonyl (C=O) groups excluding carboxylic acids is 1.